The molecule has 2 atom stereocenters. The third-order valence-electron chi connectivity index (χ3n) is 5.88. The molecule has 0 aromatic heterocycles. The highest BCUT2D eigenvalue weighted by Gasteiger charge is 2.22. The summed E-state index contributed by atoms with van der Waals surface area (Å²) in [5, 5.41) is 7.01. The fraction of sp³-hybridized carbons (Fsp3) is 0.708. The summed E-state index contributed by atoms with van der Waals surface area (Å²) in [6.07, 6.45) is 2.25. The van der Waals surface area contributed by atoms with Crippen LogP contribution < -0.4 is 15.4 Å². The van der Waals surface area contributed by atoms with Crippen molar-refractivity contribution in [2.24, 2.45) is 10.9 Å². The molecule has 2 saturated heterocycles. The average Bonchev–Trinajstić information content (AvgIpc) is 3.27. The third kappa shape index (κ3) is 7.66. The highest BCUT2D eigenvalue weighted by atomic mass is 16.5. The molecule has 2 N–H and O–H groups in total. The number of aliphatic imine (C=N–C) groups is 1. The molecule has 0 aliphatic carbocycles. The van der Waals surface area contributed by atoms with Gasteiger partial charge in [-0.15, -0.1) is 0 Å². The van der Waals surface area contributed by atoms with E-state index in [1.807, 2.05) is 7.05 Å². The van der Waals surface area contributed by atoms with E-state index in [9.17, 15) is 0 Å². The second-order valence-electron chi connectivity index (χ2n) is 8.95. The van der Waals surface area contributed by atoms with E-state index >= 15 is 0 Å². The molecule has 2 aliphatic heterocycles. The van der Waals surface area contributed by atoms with E-state index in [4.69, 9.17) is 14.2 Å². The second kappa shape index (κ2) is 12.3. The van der Waals surface area contributed by atoms with Crippen LogP contribution in [0.3, 0.4) is 0 Å². The second-order valence-corrected chi connectivity index (χ2v) is 8.95. The van der Waals surface area contributed by atoms with Crippen LogP contribution in [0.15, 0.2) is 23.2 Å². The Morgan fingerprint density at radius 1 is 1.19 bits per heavy atom. The molecule has 2 fully saturated rings. The topological polar surface area (TPSA) is 67.4 Å². The van der Waals surface area contributed by atoms with E-state index in [-0.39, 0.29) is 6.10 Å². The molecule has 2 heterocycles. The number of aryl methyl sites for hydroxylation is 1. The Labute approximate surface area is 187 Å². The van der Waals surface area contributed by atoms with E-state index in [1.165, 1.54) is 5.56 Å². The lowest BCUT2D eigenvalue weighted by atomic mass is 10.0. The van der Waals surface area contributed by atoms with Crippen LogP contribution in [0.2, 0.25) is 0 Å². The quantitative estimate of drug-likeness (QED) is 0.462. The fourth-order valence-corrected chi connectivity index (χ4v) is 4.17. The standard InChI is InChI=1S/C24H40N4O3/c1-18(2)13-21(28-8-11-29-12-9-28)16-27-24(25-4)26-15-20-6-5-19(3)14-23(20)31-22-7-10-30-17-22/h5-6,14,18,21-22H,7-13,15-17H2,1-4H3,(H2,25,26,27). The minimum atomic E-state index is 0.142. The van der Waals surface area contributed by atoms with E-state index in [2.05, 4.69) is 59.5 Å². The number of hydrogen-bond acceptors (Lipinski definition) is 5. The van der Waals surface area contributed by atoms with Crippen molar-refractivity contribution in [3.8, 4) is 5.75 Å². The Morgan fingerprint density at radius 2 is 2.00 bits per heavy atom. The number of morpholine rings is 1. The minimum absolute atomic E-state index is 0.142. The smallest absolute Gasteiger partial charge is 0.191 e. The van der Waals surface area contributed by atoms with Gasteiger partial charge >= 0.3 is 0 Å². The van der Waals surface area contributed by atoms with Gasteiger partial charge in [-0.2, -0.15) is 0 Å². The Morgan fingerprint density at radius 3 is 2.68 bits per heavy atom. The van der Waals surface area contributed by atoms with Gasteiger partial charge in [0, 0.05) is 51.3 Å². The molecule has 7 nitrogen and oxygen atoms in total. The van der Waals surface area contributed by atoms with Gasteiger partial charge in [0.25, 0.3) is 0 Å². The SMILES string of the molecule is CN=C(NCc1ccc(C)cc1OC1CCOC1)NCC(CC(C)C)N1CCOCC1. The van der Waals surface area contributed by atoms with Gasteiger partial charge in [-0.3, -0.25) is 9.89 Å². The zero-order valence-electron chi connectivity index (χ0n) is 19.7. The highest BCUT2D eigenvalue weighted by molar-refractivity contribution is 5.79. The van der Waals surface area contributed by atoms with Crippen LogP contribution in [0.4, 0.5) is 0 Å². The molecule has 0 bridgehead atoms. The summed E-state index contributed by atoms with van der Waals surface area (Å²) in [6.45, 7) is 13.3. The zero-order chi connectivity index (χ0) is 22.1. The number of hydrogen-bond donors (Lipinski definition) is 2. The van der Waals surface area contributed by atoms with Gasteiger partial charge in [0.05, 0.1) is 26.4 Å². The van der Waals surface area contributed by atoms with Crippen LogP contribution in [0, 0.1) is 12.8 Å². The summed E-state index contributed by atoms with van der Waals surface area (Å²) in [5.74, 6) is 2.40. The molecule has 7 heteroatoms. The lowest BCUT2D eigenvalue weighted by Crippen LogP contribution is -2.51. The molecule has 1 aromatic rings. The summed E-state index contributed by atoms with van der Waals surface area (Å²) < 4.78 is 17.2. The normalized spacial score (nSPS) is 21.3. The molecule has 0 saturated carbocycles. The van der Waals surface area contributed by atoms with Crippen molar-refractivity contribution in [3.05, 3.63) is 29.3 Å². The van der Waals surface area contributed by atoms with Crippen LogP contribution in [0.5, 0.6) is 5.75 Å². The maximum atomic E-state index is 6.23. The predicted octanol–water partition coefficient (Wildman–Crippen LogP) is 2.57. The molecule has 174 valence electrons. The van der Waals surface area contributed by atoms with Crippen molar-refractivity contribution in [1.29, 1.82) is 0 Å². The molecule has 2 unspecified atom stereocenters. The molecular weight excluding hydrogens is 392 g/mol. The molecule has 0 spiro atoms. The zero-order valence-corrected chi connectivity index (χ0v) is 19.7. The van der Waals surface area contributed by atoms with Crippen LogP contribution in [-0.2, 0) is 16.0 Å². The van der Waals surface area contributed by atoms with Gasteiger partial charge in [0.1, 0.15) is 11.9 Å². The maximum absolute atomic E-state index is 6.23. The summed E-state index contributed by atoms with van der Waals surface area (Å²) in [5.41, 5.74) is 2.33. The first kappa shape index (κ1) is 23.8. The highest BCUT2D eigenvalue weighted by Crippen LogP contribution is 2.23. The lowest BCUT2D eigenvalue weighted by Gasteiger charge is -2.35. The maximum Gasteiger partial charge on any atom is 0.191 e. The predicted molar refractivity (Wildman–Crippen MR) is 125 cm³/mol. The summed E-state index contributed by atoms with van der Waals surface area (Å²) in [6, 6.07) is 6.85. The number of rotatable bonds is 9. The van der Waals surface area contributed by atoms with Crippen molar-refractivity contribution >= 4 is 5.96 Å². The largest absolute Gasteiger partial charge is 0.488 e. The molecule has 0 radical (unpaired) electrons. The van der Waals surface area contributed by atoms with Crippen LogP contribution in [0.25, 0.3) is 0 Å². The Bertz CT molecular complexity index is 698. The van der Waals surface area contributed by atoms with Crippen molar-refractivity contribution in [3.63, 3.8) is 0 Å². The number of nitrogens with zero attached hydrogens (tertiary/aromatic N) is 2. The first-order valence-corrected chi connectivity index (χ1v) is 11.7. The van der Waals surface area contributed by atoms with E-state index < -0.39 is 0 Å². The molecule has 31 heavy (non-hydrogen) atoms. The summed E-state index contributed by atoms with van der Waals surface area (Å²) in [4.78, 5) is 6.98. The third-order valence-corrected chi connectivity index (χ3v) is 5.88. The van der Waals surface area contributed by atoms with E-state index in [0.29, 0.717) is 25.1 Å². The van der Waals surface area contributed by atoms with Crippen LogP contribution in [0.1, 0.15) is 37.8 Å². The van der Waals surface area contributed by atoms with E-state index in [0.717, 1.165) is 69.6 Å². The van der Waals surface area contributed by atoms with Gasteiger partial charge in [0.2, 0.25) is 0 Å². The van der Waals surface area contributed by atoms with Crippen molar-refractivity contribution in [1.82, 2.24) is 15.5 Å². The number of guanidine groups is 1. The first-order chi connectivity index (χ1) is 15.0. The molecular formula is C24H40N4O3. The summed E-state index contributed by atoms with van der Waals surface area (Å²) >= 11 is 0. The van der Waals surface area contributed by atoms with Gasteiger partial charge in [-0.05, 0) is 30.9 Å². The van der Waals surface area contributed by atoms with E-state index in [1.54, 1.807) is 0 Å². The minimum Gasteiger partial charge on any atom is -0.488 e. The van der Waals surface area contributed by atoms with Gasteiger partial charge in [-0.25, -0.2) is 0 Å². The number of benzene rings is 1. The Balaban J connectivity index is 1.55. The lowest BCUT2D eigenvalue weighted by molar-refractivity contribution is 0.0132. The number of ether oxygens (including phenoxy) is 3. The molecule has 0 amide bonds. The monoisotopic (exact) mass is 432 g/mol. The fourth-order valence-electron chi connectivity index (χ4n) is 4.17. The average molecular weight is 433 g/mol. The van der Waals surface area contributed by atoms with Crippen LogP contribution >= 0.6 is 0 Å². The number of nitrogens with one attached hydrogen (secondary N) is 2. The van der Waals surface area contributed by atoms with Gasteiger partial charge in [-0.1, -0.05) is 26.0 Å². The van der Waals surface area contributed by atoms with Crippen molar-refractivity contribution < 1.29 is 14.2 Å². The molecule has 1 aromatic carbocycles. The van der Waals surface area contributed by atoms with Gasteiger partial charge in [0.15, 0.2) is 5.96 Å². The van der Waals surface area contributed by atoms with Gasteiger partial charge < -0.3 is 24.8 Å². The van der Waals surface area contributed by atoms with Crippen LogP contribution in [-0.4, -0.2) is 76.1 Å². The molecule has 3 rings (SSSR count). The van der Waals surface area contributed by atoms with Crippen molar-refractivity contribution in [2.75, 3.05) is 53.1 Å². The first-order valence-electron chi connectivity index (χ1n) is 11.7. The Kier molecular flexibility index (Phi) is 9.43. The van der Waals surface area contributed by atoms with Crippen molar-refractivity contribution in [2.45, 2.75) is 52.3 Å². The summed E-state index contributed by atoms with van der Waals surface area (Å²) in [7, 11) is 1.82. The Hall–Kier alpha value is -1.83. The molecule has 2 aliphatic rings.